The van der Waals surface area contributed by atoms with Crippen molar-refractivity contribution < 1.29 is 4.74 Å². The van der Waals surface area contributed by atoms with E-state index >= 15 is 0 Å². The fraction of sp³-hybridized carbons (Fsp3) is 0.267. The van der Waals surface area contributed by atoms with Gasteiger partial charge in [0.05, 0.1) is 18.1 Å². The van der Waals surface area contributed by atoms with Crippen molar-refractivity contribution >= 4 is 16.9 Å². The van der Waals surface area contributed by atoms with Crippen LogP contribution in [0.2, 0.25) is 0 Å². The van der Waals surface area contributed by atoms with Gasteiger partial charge in [-0.05, 0) is 11.6 Å². The van der Waals surface area contributed by atoms with Crippen LogP contribution in [0.5, 0.6) is 5.75 Å². The Bertz CT molecular complexity index is 773. The second-order valence-corrected chi connectivity index (χ2v) is 5.16. The first kappa shape index (κ1) is 12.1. The average Bonchev–Trinajstić information content (AvgIpc) is 3.09. The summed E-state index contributed by atoms with van der Waals surface area (Å²) in [6.45, 7) is 0.704. The van der Waals surface area contributed by atoms with Gasteiger partial charge in [0.2, 0.25) is 0 Å². The molecule has 3 heterocycles. The summed E-state index contributed by atoms with van der Waals surface area (Å²) in [5.74, 6) is 1.78. The number of hydrogen-bond acceptors (Lipinski definition) is 5. The van der Waals surface area contributed by atoms with Crippen molar-refractivity contribution in [3.05, 3.63) is 42.4 Å². The molecule has 6 heteroatoms. The second-order valence-electron chi connectivity index (χ2n) is 5.16. The van der Waals surface area contributed by atoms with Crippen LogP contribution in [0.15, 0.2) is 36.8 Å². The van der Waals surface area contributed by atoms with Crippen LogP contribution < -0.4 is 10.1 Å². The first-order valence-electron chi connectivity index (χ1n) is 6.92. The number of fused-ring (bicyclic) bond motifs is 2. The predicted octanol–water partition coefficient (Wildman–Crippen LogP) is 1.78. The van der Waals surface area contributed by atoms with Crippen LogP contribution in [0.4, 0.5) is 5.82 Å². The summed E-state index contributed by atoms with van der Waals surface area (Å²) in [7, 11) is 1.87. The number of aryl methyl sites for hydroxylation is 1. The Morgan fingerprint density at radius 1 is 1.33 bits per heavy atom. The van der Waals surface area contributed by atoms with Crippen molar-refractivity contribution in [2.24, 2.45) is 7.05 Å². The van der Waals surface area contributed by atoms with E-state index in [1.807, 2.05) is 25.2 Å². The molecular weight excluding hydrogens is 266 g/mol. The molecular formula is C15H15N5O. The summed E-state index contributed by atoms with van der Waals surface area (Å²) in [5, 5.41) is 8.49. The number of rotatable bonds is 3. The maximum Gasteiger partial charge on any atom is 0.163 e. The van der Waals surface area contributed by atoms with Gasteiger partial charge >= 0.3 is 0 Å². The molecule has 21 heavy (non-hydrogen) atoms. The summed E-state index contributed by atoms with van der Waals surface area (Å²) < 4.78 is 7.66. The summed E-state index contributed by atoms with van der Waals surface area (Å²) >= 11 is 0. The fourth-order valence-corrected chi connectivity index (χ4v) is 2.68. The molecule has 1 aliphatic rings. The van der Waals surface area contributed by atoms with Crippen molar-refractivity contribution in [3.63, 3.8) is 0 Å². The van der Waals surface area contributed by atoms with Gasteiger partial charge in [-0.1, -0.05) is 18.2 Å². The number of nitrogens with zero attached hydrogens (tertiary/aromatic N) is 4. The van der Waals surface area contributed by atoms with Gasteiger partial charge in [-0.2, -0.15) is 5.10 Å². The van der Waals surface area contributed by atoms with E-state index in [1.54, 1.807) is 17.2 Å². The lowest BCUT2D eigenvalue weighted by Gasteiger charge is -2.12. The van der Waals surface area contributed by atoms with E-state index in [1.165, 1.54) is 5.56 Å². The second kappa shape index (κ2) is 4.73. The molecule has 0 fully saturated rings. The van der Waals surface area contributed by atoms with Crippen LogP contribution in [0.1, 0.15) is 5.56 Å². The highest BCUT2D eigenvalue weighted by Crippen LogP contribution is 2.28. The van der Waals surface area contributed by atoms with Gasteiger partial charge < -0.3 is 10.1 Å². The Morgan fingerprint density at radius 2 is 2.24 bits per heavy atom. The minimum atomic E-state index is 0.129. The SMILES string of the molecule is Cn1ncc2c(NCC3Cc4ccccc4O3)ncnc21. The van der Waals surface area contributed by atoms with Gasteiger partial charge in [0.15, 0.2) is 5.65 Å². The maximum absolute atomic E-state index is 5.92. The molecule has 1 aromatic carbocycles. The van der Waals surface area contributed by atoms with Crippen molar-refractivity contribution in [2.75, 3.05) is 11.9 Å². The Labute approximate surface area is 121 Å². The van der Waals surface area contributed by atoms with Gasteiger partial charge in [-0.25, -0.2) is 9.97 Å². The maximum atomic E-state index is 5.92. The summed E-state index contributed by atoms with van der Waals surface area (Å²) in [6, 6.07) is 8.17. The highest BCUT2D eigenvalue weighted by Gasteiger charge is 2.22. The van der Waals surface area contributed by atoms with Crippen LogP contribution in [0.3, 0.4) is 0 Å². The first-order chi connectivity index (χ1) is 10.3. The van der Waals surface area contributed by atoms with Crippen LogP contribution in [0, 0.1) is 0 Å². The fourth-order valence-electron chi connectivity index (χ4n) is 2.68. The molecule has 0 bridgehead atoms. The molecule has 1 aliphatic heterocycles. The number of anilines is 1. The molecule has 0 spiro atoms. The van der Waals surface area contributed by atoms with E-state index in [-0.39, 0.29) is 6.10 Å². The van der Waals surface area contributed by atoms with Crippen LogP contribution in [-0.2, 0) is 13.5 Å². The standard InChI is InChI=1S/C15H15N5O/c1-20-15-12(8-19-20)14(17-9-18-15)16-7-11-6-10-4-2-3-5-13(10)21-11/h2-5,8-9,11H,6-7H2,1H3,(H,16,17,18). The lowest BCUT2D eigenvalue weighted by Crippen LogP contribution is -2.24. The van der Waals surface area contributed by atoms with Crippen LogP contribution in [-0.4, -0.2) is 32.4 Å². The quantitative estimate of drug-likeness (QED) is 0.792. The third kappa shape index (κ3) is 2.08. The lowest BCUT2D eigenvalue weighted by molar-refractivity contribution is 0.246. The van der Waals surface area contributed by atoms with Gasteiger partial charge in [-0.3, -0.25) is 4.68 Å². The van der Waals surface area contributed by atoms with Crippen molar-refractivity contribution in [2.45, 2.75) is 12.5 Å². The number of para-hydroxylation sites is 1. The van der Waals surface area contributed by atoms with Crippen molar-refractivity contribution in [1.82, 2.24) is 19.7 Å². The van der Waals surface area contributed by atoms with E-state index in [0.29, 0.717) is 6.54 Å². The molecule has 0 saturated carbocycles. The predicted molar refractivity (Wildman–Crippen MR) is 79.4 cm³/mol. The smallest absolute Gasteiger partial charge is 0.163 e. The molecule has 0 amide bonds. The summed E-state index contributed by atoms with van der Waals surface area (Å²) in [4.78, 5) is 8.53. The monoisotopic (exact) mass is 281 g/mol. The Morgan fingerprint density at radius 3 is 3.14 bits per heavy atom. The highest BCUT2D eigenvalue weighted by molar-refractivity contribution is 5.85. The zero-order valence-corrected chi connectivity index (χ0v) is 11.7. The number of ether oxygens (including phenoxy) is 1. The molecule has 6 nitrogen and oxygen atoms in total. The molecule has 4 rings (SSSR count). The van der Waals surface area contributed by atoms with Crippen molar-refractivity contribution in [1.29, 1.82) is 0 Å². The lowest BCUT2D eigenvalue weighted by atomic mass is 10.1. The third-order valence-corrected chi connectivity index (χ3v) is 3.74. The number of nitrogens with one attached hydrogen (secondary N) is 1. The first-order valence-corrected chi connectivity index (χ1v) is 6.92. The van der Waals surface area contributed by atoms with E-state index in [4.69, 9.17) is 4.74 Å². The average molecular weight is 281 g/mol. The molecule has 2 aromatic heterocycles. The van der Waals surface area contributed by atoms with E-state index in [0.717, 1.165) is 29.0 Å². The highest BCUT2D eigenvalue weighted by atomic mass is 16.5. The Hall–Kier alpha value is -2.63. The normalized spacial score (nSPS) is 16.7. The molecule has 1 unspecified atom stereocenters. The van der Waals surface area contributed by atoms with Gasteiger partial charge in [0.1, 0.15) is 24.0 Å². The summed E-state index contributed by atoms with van der Waals surface area (Å²) in [5.41, 5.74) is 2.08. The number of aromatic nitrogens is 4. The third-order valence-electron chi connectivity index (χ3n) is 3.74. The molecule has 0 saturated heterocycles. The minimum absolute atomic E-state index is 0.129. The summed E-state index contributed by atoms with van der Waals surface area (Å²) in [6.07, 6.45) is 4.38. The van der Waals surface area contributed by atoms with E-state index < -0.39 is 0 Å². The number of benzene rings is 1. The van der Waals surface area contributed by atoms with Crippen molar-refractivity contribution in [3.8, 4) is 5.75 Å². The molecule has 3 aromatic rings. The molecule has 1 N–H and O–H groups in total. The van der Waals surface area contributed by atoms with Gasteiger partial charge in [0.25, 0.3) is 0 Å². The van der Waals surface area contributed by atoms with Crippen LogP contribution in [0.25, 0.3) is 11.0 Å². The topological polar surface area (TPSA) is 64.9 Å². The molecule has 0 aliphatic carbocycles. The van der Waals surface area contributed by atoms with Gasteiger partial charge in [-0.15, -0.1) is 0 Å². The van der Waals surface area contributed by atoms with E-state index in [9.17, 15) is 0 Å². The molecule has 0 radical (unpaired) electrons. The zero-order valence-electron chi connectivity index (χ0n) is 11.7. The minimum Gasteiger partial charge on any atom is -0.488 e. The Balaban J connectivity index is 1.50. The Kier molecular flexibility index (Phi) is 2.73. The molecule has 1 atom stereocenters. The van der Waals surface area contributed by atoms with Crippen LogP contribution >= 0.6 is 0 Å². The number of hydrogen-bond donors (Lipinski definition) is 1. The largest absolute Gasteiger partial charge is 0.488 e. The zero-order chi connectivity index (χ0) is 14.2. The molecule has 106 valence electrons. The van der Waals surface area contributed by atoms with Gasteiger partial charge in [0, 0.05) is 13.5 Å². The van der Waals surface area contributed by atoms with E-state index in [2.05, 4.69) is 26.4 Å².